The van der Waals surface area contributed by atoms with E-state index in [9.17, 15) is 4.79 Å². The topological polar surface area (TPSA) is 35.5 Å². The smallest absolute Gasteiger partial charge is 0.302 e. The van der Waals surface area contributed by atoms with Gasteiger partial charge in [-0.3, -0.25) is 4.79 Å². The van der Waals surface area contributed by atoms with Crippen LogP contribution in [0.25, 0.3) is 0 Å². The van der Waals surface area contributed by atoms with Crippen molar-refractivity contribution in [1.29, 1.82) is 0 Å². The molecule has 0 atom stereocenters. The second kappa shape index (κ2) is 5.22. The molecule has 0 unspecified atom stereocenters. The number of carbonyl (C=O) groups excluding carboxylic acids is 1. The Morgan fingerprint density at radius 3 is 2.23 bits per heavy atom. The third-order valence-electron chi connectivity index (χ3n) is 1.47. The van der Waals surface area contributed by atoms with Gasteiger partial charge in [-0.15, -0.1) is 0 Å². The minimum atomic E-state index is -0.238. The Kier molecular flexibility index (Phi) is 4.99. The van der Waals surface area contributed by atoms with Gasteiger partial charge in [0.05, 0.1) is 19.3 Å². The average Bonchev–Trinajstić information content (AvgIpc) is 1.98. The maximum atomic E-state index is 10.6. The van der Waals surface area contributed by atoms with Crippen molar-refractivity contribution in [3.05, 3.63) is 0 Å². The maximum Gasteiger partial charge on any atom is 0.302 e. The lowest BCUT2D eigenvalue weighted by atomic mass is 9.96. The zero-order chi connectivity index (χ0) is 10.5. The van der Waals surface area contributed by atoms with Crippen LogP contribution in [0.15, 0.2) is 0 Å². The summed E-state index contributed by atoms with van der Waals surface area (Å²) in [6.07, 6.45) is 0.219. The molecule has 0 aromatic rings. The van der Waals surface area contributed by atoms with Crippen molar-refractivity contribution in [2.75, 3.05) is 13.2 Å². The van der Waals surface area contributed by atoms with Gasteiger partial charge in [-0.25, -0.2) is 0 Å². The molecule has 0 aliphatic carbocycles. The second-order valence-electron chi connectivity index (χ2n) is 4.30. The van der Waals surface area contributed by atoms with Crippen molar-refractivity contribution in [1.82, 2.24) is 0 Å². The highest BCUT2D eigenvalue weighted by molar-refractivity contribution is 5.65. The summed E-state index contributed by atoms with van der Waals surface area (Å²) in [5.41, 5.74) is -0.101. The standard InChI is InChI=1S/C10H20O3/c1-8(2)12-6-10(4,5)7-13-9(3)11/h8H,6-7H2,1-5H3. The lowest BCUT2D eigenvalue weighted by molar-refractivity contribution is -0.145. The fourth-order valence-electron chi connectivity index (χ4n) is 0.731. The van der Waals surface area contributed by atoms with Gasteiger partial charge in [0, 0.05) is 12.3 Å². The molecular formula is C10H20O3. The number of hydrogen-bond acceptors (Lipinski definition) is 3. The number of carbonyl (C=O) groups is 1. The summed E-state index contributed by atoms with van der Waals surface area (Å²) in [5, 5.41) is 0. The molecule has 0 bridgehead atoms. The lowest BCUT2D eigenvalue weighted by Crippen LogP contribution is -2.28. The SMILES string of the molecule is CC(=O)OCC(C)(C)COC(C)C. The molecule has 0 aromatic heterocycles. The van der Waals surface area contributed by atoms with E-state index in [-0.39, 0.29) is 17.5 Å². The normalized spacial score (nSPS) is 11.8. The van der Waals surface area contributed by atoms with Crippen LogP contribution in [0.3, 0.4) is 0 Å². The van der Waals surface area contributed by atoms with E-state index in [4.69, 9.17) is 9.47 Å². The molecule has 0 N–H and O–H groups in total. The van der Waals surface area contributed by atoms with Gasteiger partial charge in [0.15, 0.2) is 0 Å². The van der Waals surface area contributed by atoms with Crippen molar-refractivity contribution in [3.8, 4) is 0 Å². The first-order valence-corrected chi connectivity index (χ1v) is 4.58. The average molecular weight is 188 g/mol. The Morgan fingerprint density at radius 1 is 1.31 bits per heavy atom. The fraction of sp³-hybridized carbons (Fsp3) is 0.900. The Hall–Kier alpha value is -0.570. The van der Waals surface area contributed by atoms with Crippen LogP contribution in [0.1, 0.15) is 34.6 Å². The molecular weight excluding hydrogens is 168 g/mol. The van der Waals surface area contributed by atoms with Crippen LogP contribution in [0.4, 0.5) is 0 Å². The molecule has 0 aliphatic heterocycles. The van der Waals surface area contributed by atoms with Crippen LogP contribution < -0.4 is 0 Å². The summed E-state index contributed by atoms with van der Waals surface area (Å²) in [6.45, 7) is 10.4. The predicted molar refractivity (Wildman–Crippen MR) is 51.5 cm³/mol. The minimum Gasteiger partial charge on any atom is -0.465 e. The van der Waals surface area contributed by atoms with Crippen molar-refractivity contribution < 1.29 is 14.3 Å². The van der Waals surface area contributed by atoms with E-state index in [2.05, 4.69) is 0 Å². The zero-order valence-corrected chi connectivity index (χ0v) is 9.22. The number of hydrogen-bond donors (Lipinski definition) is 0. The molecule has 0 aliphatic rings. The van der Waals surface area contributed by atoms with Gasteiger partial charge in [0.2, 0.25) is 0 Å². The van der Waals surface area contributed by atoms with Gasteiger partial charge >= 0.3 is 5.97 Å². The van der Waals surface area contributed by atoms with Gasteiger partial charge in [0.1, 0.15) is 0 Å². The number of ether oxygens (including phenoxy) is 2. The van der Waals surface area contributed by atoms with E-state index in [1.165, 1.54) is 6.92 Å². The van der Waals surface area contributed by atoms with E-state index in [0.29, 0.717) is 13.2 Å². The van der Waals surface area contributed by atoms with Gasteiger partial charge < -0.3 is 9.47 Å². The Labute approximate surface area is 80.4 Å². The predicted octanol–water partition coefficient (Wildman–Crippen LogP) is 2.00. The molecule has 0 heterocycles. The molecule has 13 heavy (non-hydrogen) atoms. The Bertz CT molecular complexity index is 162. The highest BCUT2D eigenvalue weighted by atomic mass is 16.5. The van der Waals surface area contributed by atoms with Crippen molar-refractivity contribution in [2.45, 2.75) is 40.7 Å². The Morgan fingerprint density at radius 2 is 1.85 bits per heavy atom. The second-order valence-corrected chi connectivity index (χ2v) is 4.30. The third-order valence-corrected chi connectivity index (χ3v) is 1.47. The molecule has 0 rings (SSSR count). The van der Waals surface area contributed by atoms with Crippen molar-refractivity contribution in [2.24, 2.45) is 5.41 Å². The molecule has 78 valence electrons. The molecule has 0 amide bonds. The summed E-state index contributed by atoms with van der Waals surface area (Å²) in [5.74, 6) is -0.238. The minimum absolute atomic E-state index is 0.101. The summed E-state index contributed by atoms with van der Waals surface area (Å²) in [7, 11) is 0. The van der Waals surface area contributed by atoms with Crippen LogP contribution in [-0.2, 0) is 14.3 Å². The summed E-state index contributed by atoms with van der Waals surface area (Å²) in [4.78, 5) is 10.6. The van der Waals surface area contributed by atoms with Crippen LogP contribution in [0, 0.1) is 5.41 Å². The quantitative estimate of drug-likeness (QED) is 0.619. The first kappa shape index (κ1) is 12.4. The van der Waals surface area contributed by atoms with E-state index in [0.717, 1.165) is 0 Å². The Balaban J connectivity index is 3.72. The van der Waals surface area contributed by atoms with Gasteiger partial charge in [-0.1, -0.05) is 13.8 Å². The van der Waals surface area contributed by atoms with E-state index < -0.39 is 0 Å². The van der Waals surface area contributed by atoms with Crippen LogP contribution in [0.2, 0.25) is 0 Å². The highest BCUT2D eigenvalue weighted by Gasteiger charge is 2.20. The summed E-state index contributed by atoms with van der Waals surface area (Å²) in [6, 6.07) is 0. The first-order valence-electron chi connectivity index (χ1n) is 4.58. The lowest BCUT2D eigenvalue weighted by Gasteiger charge is -2.24. The largest absolute Gasteiger partial charge is 0.465 e. The maximum absolute atomic E-state index is 10.6. The van der Waals surface area contributed by atoms with E-state index >= 15 is 0 Å². The molecule has 3 nitrogen and oxygen atoms in total. The van der Waals surface area contributed by atoms with Crippen molar-refractivity contribution in [3.63, 3.8) is 0 Å². The molecule has 0 fully saturated rings. The number of esters is 1. The summed E-state index contributed by atoms with van der Waals surface area (Å²) < 4.78 is 10.4. The van der Waals surface area contributed by atoms with Gasteiger partial charge in [0.25, 0.3) is 0 Å². The molecule has 0 saturated heterocycles. The monoisotopic (exact) mass is 188 g/mol. The van der Waals surface area contributed by atoms with Crippen LogP contribution in [-0.4, -0.2) is 25.3 Å². The van der Waals surface area contributed by atoms with Gasteiger partial charge in [-0.05, 0) is 13.8 Å². The number of rotatable bonds is 5. The molecule has 0 radical (unpaired) electrons. The van der Waals surface area contributed by atoms with Crippen molar-refractivity contribution >= 4 is 5.97 Å². The molecule has 0 aromatic carbocycles. The van der Waals surface area contributed by atoms with Crippen LogP contribution in [0.5, 0.6) is 0 Å². The van der Waals surface area contributed by atoms with Crippen LogP contribution >= 0.6 is 0 Å². The van der Waals surface area contributed by atoms with Gasteiger partial charge in [-0.2, -0.15) is 0 Å². The first-order chi connectivity index (χ1) is 5.83. The fourth-order valence-corrected chi connectivity index (χ4v) is 0.731. The van der Waals surface area contributed by atoms with E-state index in [1.807, 2.05) is 27.7 Å². The third kappa shape index (κ3) is 7.78. The molecule has 3 heteroatoms. The molecule has 0 saturated carbocycles. The zero-order valence-electron chi connectivity index (χ0n) is 9.22. The summed E-state index contributed by atoms with van der Waals surface area (Å²) >= 11 is 0. The highest BCUT2D eigenvalue weighted by Crippen LogP contribution is 2.16. The van der Waals surface area contributed by atoms with E-state index in [1.54, 1.807) is 0 Å². The molecule has 0 spiro atoms.